The largest absolute Gasteiger partial charge is 0.496 e. The van der Waals surface area contributed by atoms with Crippen molar-refractivity contribution < 1.29 is 23.7 Å². The van der Waals surface area contributed by atoms with Crippen molar-refractivity contribution in [1.29, 1.82) is 5.26 Å². The van der Waals surface area contributed by atoms with Crippen molar-refractivity contribution in [1.82, 2.24) is 4.98 Å². The minimum atomic E-state index is -0.577. The van der Waals surface area contributed by atoms with E-state index >= 15 is 0 Å². The highest BCUT2D eigenvalue weighted by Crippen LogP contribution is 2.49. The van der Waals surface area contributed by atoms with Gasteiger partial charge in [-0.05, 0) is 44.9 Å². The number of rotatable bonds is 6. The lowest BCUT2D eigenvalue weighted by atomic mass is 9.79. The van der Waals surface area contributed by atoms with Crippen molar-refractivity contribution >= 4 is 11.7 Å². The summed E-state index contributed by atoms with van der Waals surface area (Å²) >= 11 is 0. The van der Waals surface area contributed by atoms with Crippen LogP contribution in [0.5, 0.6) is 11.6 Å². The van der Waals surface area contributed by atoms with E-state index in [0.29, 0.717) is 53.7 Å². The van der Waals surface area contributed by atoms with Crippen molar-refractivity contribution in [2.24, 2.45) is 0 Å². The fourth-order valence-corrected chi connectivity index (χ4v) is 4.34. The lowest BCUT2D eigenvalue weighted by Crippen LogP contribution is -2.28. The molecule has 1 aromatic carbocycles. The topological polar surface area (TPSA) is 103 Å². The summed E-state index contributed by atoms with van der Waals surface area (Å²) in [6.07, 6.45) is 2.69. The van der Waals surface area contributed by atoms with Gasteiger partial charge < -0.3 is 24.3 Å². The molecule has 33 heavy (non-hydrogen) atoms. The number of ether oxygens (including phenoxy) is 4. The van der Waals surface area contributed by atoms with Crippen LogP contribution in [0.25, 0.3) is 0 Å². The molecule has 2 unspecified atom stereocenters. The predicted octanol–water partition coefficient (Wildman–Crippen LogP) is 4.18. The monoisotopic (exact) mass is 449 g/mol. The van der Waals surface area contributed by atoms with Gasteiger partial charge in [0.05, 0.1) is 54.7 Å². The van der Waals surface area contributed by atoms with Crippen LogP contribution in [0.15, 0.2) is 35.7 Å². The summed E-state index contributed by atoms with van der Waals surface area (Å²) in [5.41, 5.74) is 4.73. The second-order valence-electron chi connectivity index (χ2n) is 7.98. The average molecular weight is 450 g/mol. The van der Waals surface area contributed by atoms with Gasteiger partial charge in [-0.1, -0.05) is 6.07 Å². The Morgan fingerprint density at radius 1 is 1.36 bits per heavy atom. The fourth-order valence-electron chi connectivity index (χ4n) is 4.34. The van der Waals surface area contributed by atoms with Crippen LogP contribution in [0.3, 0.4) is 0 Å². The SMILES string of the molecule is CCOc1ncc(C)c2c1C(c1ccc(C#N)cc1OC)C(C(=O)OC1CCCO1)=C(C)N2. The second-order valence-corrected chi connectivity index (χ2v) is 7.98. The summed E-state index contributed by atoms with van der Waals surface area (Å²) in [6, 6.07) is 7.32. The number of methoxy groups -OCH3 is 1. The summed E-state index contributed by atoms with van der Waals surface area (Å²) in [7, 11) is 1.54. The molecule has 2 atom stereocenters. The minimum absolute atomic E-state index is 0.415. The summed E-state index contributed by atoms with van der Waals surface area (Å²) in [6.45, 7) is 6.66. The van der Waals surface area contributed by atoms with E-state index in [2.05, 4.69) is 16.4 Å². The number of benzene rings is 1. The van der Waals surface area contributed by atoms with Crippen LogP contribution in [0.4, 0.5) is 5.69 Å². The maximum absolute atomic E-state index is 13.5. The van der Waals surface area contributed by atoms with Crippen LogP contribution < -0.4 is 14.8 Å². The number of carbonyl (C=O) groups is 1. The summed E-state index contributed by atoms with van der Waals surface area (Å²) in [4.78, 5) is 18.0. The number of hydrogen-bond donors (Lipinski definition) is 1. The zero-order chi connectivity index (χ0) is 23.5. The Morgan fingerprint density at radius 2 is 2.18 bits per heavy atom. The number of aromatic nitrogens is 1. The van der Waals surface area contributed by atoms with E-state index < -0.39 is 18.2 Å². The highest BCUT2D eigenvalue weighted by atomic mass is 16.7. The molecule has 0 radical (unpaired) electrons. The predicted molar refractivity (Wildman–Crippen MR) is 121 cm³/mol. The third-order valence-electron chi connectivity index (χ3n) is 5.86. The van der Waals surface area contributed by atoms with Gasteiger partial charge in [0.15, 0.2) is 0 Å². The van der Waals surface area contributed by atoms with Crippen LogP contribution in [-0.4, -0.2) is 37.6 Å². The molecule has 172 valence electrons. The zero-order valence-electron chi connectivity index (χ0n) is 19.2. The minimum Gasteiger partial charge on any atom is -0.496 e. The van der Waals surface area contributed by atoms with E-state index in [-0.39, 0.29) is 0 Å². The van der Waals surface area contributed by atoms with Crippen molar-refractivity contribution in [2.45, 2.75) is 45.8 Å². The lowest BCUT2D eigenvalue weighted by Gasteiger charge is -2.33. The average Bonchev–Trinajstić information content (AvgIpc) is 3.33. The quantitative estimate of drug-likeness (QED) is 0.655. The molecule has 2 aliphatic rings. The Labute approximate surface area is 193 Å². The van der Waals surface area contributed by atoms with E-state index in [4.69, 9.17) is 18.9 Å². The molecule has 2 aromatic rings. The molecule has 4 rings (SSSR count). The number of aryl methyl sites for hydroxylation is 1. The van der Waals surface area contributed by atoms with Crippen LogP contribution in [0.2, 0.25) is 0 Å². The van der Waals surface area contributed by atoms with E-state index in [9.17, 15) is 10.1 Å². The van der Waals surface area contributed by atoms with E-state index in [1.807, 2.05) is 26.8 Å². The molecule has 1 saturated heterocycles. The smallest absolute Gasteiger partial charge is 0.339 e. The number of nitrogens with zero attached hydrogens (tertiary/aromatic N) is 2. The summed E-state index contributed by atoms with van der Waals surface area (Å²) in [5.74, 6) is -0.132. The molecule has 0 amide bonds. The Balaban J connectivity index is 1.92. The number of nitrogens with one attached hydrogen (secondary N) is 1. The molecule has 2 aliphatic heterocycles. The number of pyridine rings is 1. The summed E-state index contributed by atoms with van der Waals surface area (Å²) in [5, 5.41) is 12.7. The molecule has 1 N–H and O–H groups in total. The highest BCUT2D eigenvalue weighted by Gasteiger charge is 2.39. The van der Waals surface area contributed by atoms with E-state index in [1.165, 1.54) is 0 Å². The van der Waals surface area contributed by atoms with Crippen LogP contribution in [-0.2, 0) is 14.3 Å². The third kappa shape index (κ3) is 4.24. The fraction of sp³-hybridized carbons (Fsp3) is 0.400. The third-order valence-corrected chi connectivity index (χ3v) is 5.86. The van der Waals surface area contributed by atoms with Gasteiger partial charge in [-0.15, -0.1) is 0 Å². The van der Waals surface area contributed by atoms with Crippen molar-refractivity contribution in [3.63, 3.8) is 0 Å². The maximum Gasteiger partial charge on any atom is 0.339 e. The molecule has 0 saturated carbocycles. The molecule has 0 bridgehead atoms. The number of allylic oxidation sites excluding steroid dienone is 1. The van der Waals surface area contributed by atoms with Gasteiger partial charge in [0.2, 0.25) is 12.2 Å². The maximum atomic E-state index is 13.5. The zero-order valence-corrected chi connectivity index (χ0v) is 19.2. The van der Waals surface area contributed by atoms with Gasteiger partial charge in [0.1, 0.15) is 5.75 Å². The number of carbonyl (C=O) groups excluding carboxylic acids is 1. The molecule has 0 aliphatic carbocycles. The van der Waals surface area contributed by atoms with Crippen molar-refractivity contribution in [3.8, 4) is 17.7 Å². The Hall–Kier alpha value is -3.57. The van der Waals surface area contributed by atoms with Gasteiger partial charge in [0, 0.05) is 23.9 Å². The van der Waals surface area contributed by atoms with Gasteiger partial charge >= 0.3 is 5.97 Å². The number of esters is 1. The first-order chi connectivity index (χ1) is 16.0. The van der Waals surface area contributed by atoms with Gasteiger partial charge in [-0.3, -0.25) is 0 Å². The Bertz CT molecular complexity index is 1150. The standard InChI is InChI=1S/C25H27N3O5/c1-5-31-24-22-21(17-9-8-16(12-26)11-18(17)30-4)20(25(29)33-19-7-6-10-32-19)15(3)28-23(22)14(2)13-27-24/h8-9,11,13,19,21,28H,5-7,10H2,1-4H3. The number of anilines is 1. The first-order valence-corrected chi connectivity index (χ1v) is 11.0. The Morgan fingerprint density at radius 3 is 2.85 bits per heavy atom. The molecular weight excluding hydrogens is 422 g/mol. The van der Waals surface area contributed by atoms with Crippen molar-refractivity contribution in [2.75, 3.05) is 25.6 Å². The molecule has 1 aromatic heterocycles. The first-order valence-electron chi connectivity index (χ1n) is 11.0. The van der Waals surface area contributed by atoms with Crippen LogP contribution >= 0.6 is 0 Å². The van der Waals surface area contributed by atoms with Gasteiger partial charge in [0.25, 0.3) is 0 Å². The number of hydrogen-bond acceptors (Lipinski definition) is 8. The van der Waals surface area contributed by atoms with E-state index in [1.54, 1.807) is 25.4 Å². The van der Waals surface area contributed by atoms with Crippen LogP contribution in [0.1, 0.15) is 54.9 Å². The molecule has 3 heterocycles. The van der Waals surface area contributed by atoms with Gasteiger partial charge in [-0.25, -0.2) is 9.78 Å². The van der Waals surface area contributed by atoms with E-state index in [0.717, 1.165) is 23.2 Å². The molecule has 8 heteroatoms. The molecule has 1 fully saturated rings. The Kier molecular flexibility index (Phi) is 6.52. The molecule has 0 spiro atoms. The lowest BCUT2D eigenvalue weighted by molar-refractivity contribution is -0.165. The number of fused-ring (bicyclic) bond motifs is 1. The van der Waals surface area contributed by atoms with Gasteiger partial charge in [-0.2, -0.15) is 5.26 Å². The molecular formula is C25H27N3O5. The van der Waals surface area contributed by atoms with Crippen LogP contribution in [0, 0.1) is 18.3 Å². The normalized spacial score (nSPS) is 19.4. The number of nitriles is 1. The second kappa shape index (κ2) is 9.51. The van der Waals surface area contributed by atoms with Crippen molar-refractivity contribution in [3.05, 3.63) is 57.9 Å². The summed E-state index contributed by atoms with van der Waals surface area (Å²) < 4.78 is 22.8. The highest BCUT2D eigenvalue weighted by molar-refractivity contribution is 5.95. The molecule has 8 nitrogen and oxygen atoms in total. The first kappa shape index (κ1) is 22.6.